The van der Waals surface area contributed by atoms with Gasteiger partial charge in [-0.15, -0.1) is 0 Å². The number of ether oxygens (including phenoxy) is 1. The quantitative estimate of drug-likeness (QED) is 0.849. The number of amides is 1. The van der Waals surface area contributed by atoms with Crippen LogP contribution in [0, 0.1) is 13.8 Å². The van der Waals surface area contributed by atoms with Gasteiger partial charge in [0.15, 0.2) is 12.4 Å². The number of aryl methyl sites for hydroxylation is 2. The Kier molecular flexibility index (Phi) is 4.09. The van der Waals surface area contributed by atoms with Gasteiger partial charge in [0.25, 0.3) is 5.91 Å². The van der Waals surface area contributed by atoms with Gasteiger partial charge in [0.2, 0.25) is 0 Å². The molecule has 7 nitrogen and oxygen atoms in total. The Bertz CT molecular complexity index is 619. The molecule has 104 valence electrons. The molecule has 1 amide bonds. The number of aromatic nitrogens is 2. The van der Waals surface area contributed by atoms with Crippen LogP contribution in [0.4, 0.5) is 5.82 Å². The van der Waals surface area contributed by atoms with E-state index in [1.165, 1.54) is 6.20 Å². The van der Waals surface area contributed by atoms with Crippen LogP contribution in [-0.4, -0.2) is 28.6 Å². The molecule has 0 saturated heterocycles. The van der Waals surface area contributed by atoms with Crippen LogP contribution in [0.15, 0.2) is 28.9 Å². The minimum absolute atomic E-state index is 0.278. The zero-order valence-electron chi connectivity index (χ0n) is 11.0. The van der Waals surface area contributed by atoms with E-state index in [0.717, 1.165) is 5.69 Å². The summed E-state index contributed by atoms with van der Waals surface area (Å²) in [5.41, 5.74) is 1.08. The predicted octanol–water partition coefficient (Wildman–Crippen LogP) is 1.48. The highest BCUT2D eigenvalue weighted by Crippen LogP contribution is 2.07. The zero-order valence-corrected chi connectivity index (χ0v) is 11.0. The molecule has 2 aromatic heterocycles. The standard InChI is InChI=1S/C13H13N3O4/c1-8-3-4-10(6-14-8)13(18)19-7-12(17)15-11-5-9(2)20-16-11/h3-6H,7H2,1-2H3,(H,15,16,17). The van der Waals surface area contributed by atoms with Crippen molar-refractivity contribution in [1.82, 2.24) is 10.1 Å². The van der Waals surface area contributed by atoms with Crippen molar-refractivity contribution < 1.29 is 18.8 Å². The van der Waals surface area contributed by atoms with Crippen molar-refractivity contribution in [2.24, 2.45) is 0 Å². The number of carbonyl (C=O) groups is 2. The number of esters is 1. The highest BCUT2D eigenvalue weighted by Gasteiger charge is 2.11. The van der Waals surface area contributed by atoms with Gasteiger partial charge in [-0.25, -0.2) is 4.79 Å². The normalized spacial score (nSPS) is 10.1. The fourth-order valence-electron chi connectivity index (χ4n) is 1.41. The minimum Gasteiger partial charge on any atom is -0.452 e. The van der Waals surface area contributed by atoms with Gasteiger partial charge in [0.05, 0.1) is 5.56 Å². The number of anilines is 1. The number of hydrogen-bond acceptors (Lipinski definition) is 6. The predicted molar refractivity (Wildman–Crippen MR) is 69.1 cm³/mol. The van der Waals surface area contributed by atoms with Crippen molar-refractivity contribution in [3.63, 3.8) is 0 Å². The third-order valence-corrected chi connectivity index (χ3v) is 2.38. The first-order chi connectivity index (χ1) is 9.54. The average molecular weight is 275 g/mol. The summed E-state index contributed by atoms with van der Waals surface area (Å²) in [7, 11) is 0. The van der Waals surface area contributed by atoms with Crippen LogP contribution in [0.5, 0.6) is 0 Å². The lowest BCUT2D eigenvalue weighted by Crippen LogP contribution is -2.21. The second kappa shape index (κ2) is 5.96. The van der Waals surface area contributed by atoms with Gasteiger partial charge in [0.1, 0.15) is 5.76 Å². The monoisotopic (exact) mass is 275 g/mol. The SMILES string of the molecule is Cc1ccc(C(=O)OCC(=O)Nc2cc(C)on2)cn1. The fraction of sp³-hybridized carbons (Fsp3) is 0.231. The molecule has 0 bridgehead atoms. The van der Waals surface area contributed by atoms with E-state index in [-0.39, 0.29) is 5.82 Å². The molecule has 0 saturated carbocycles. The second-order valence-corrected chi connectivity index (χ2v) is 4.14. The molecule has 2 heterocycles. The molecule has 0 aromatic carbocycles. The summed E-state index contributed by atoms with van der Waals surface area (Å²) in [5, 5.41) is 6.04. The third kappa shape index (κ3) is 3.64. The molecule has 0 aliphatic rings. The molecular weight excluding hydrogens is 262 g/mol. The molecule has 0 fully saturated rings. The molecular formula is C13H13N3O4. The highest BCUT2D eigenvalue weighted by molar-refractivity contribution is 5.94. The largest absolute Gasteiger partial charge is 0.452 e. The molecule has 20 heavy (non-hydrogen) atoms. The van der Waals surface area contributed by atoms with Crippen LogP contribution >= 0.6 is 0 Å². The van der Waals surface area contributed by atoms with Crippen molar-refractivity contribution >= 4 is 17.7 Å². The van der Waals surface area contributed by atoms with E-state index in [0.29, 0.717) is 11.3 Å². The lowest BCUT2D eigenvalue weighted by atomic mass is 10.2. The molecule has 2 rings (SSSR count). The van der Waals surface area contributed by atoms with E-state index in [2.05, 4.69) is 15.5 Å². The topological polar surface area (TPSA) is 94.3 Å². The van der Waals surface area contributed by atoms with E-state index in [1.807, 2.05) is 6.92 Å². The summed E-state index contributed by atoms with van der Waals surface area (Å²) in [6, 6.07) is 4.84. The van der Waals surface area contributed by atoms with Crippen LogP contribution in [-0.2, 0) is 9.53 Å². The number of carbonyl (C=O) groups excluding carboxylic acids is 2. The Morgan fingerprint density at radius 2 is 2.15 bits per heavy atom. The number of rotatable bonds is 4. The van der Waals surface area contributed by atoms with Gasteiger partial charge >= 0.3 is 5.97 Å². The number of hydrogen-bond donors (Lipinski definition) is 1. The average Bonchev–Trinajstić information content (AvgIpc) is 2.82. The molecule has 0 aliphatic carbocycles. The first-order valence-electron chi connectivity index (χ1n) is 5.87. The molecule has 2 aromatic rings. The van der Waals surface area contributed by atoms with Gasteiger partial charge in [-0.3, -0.25) is 9.78 Å². The van der Waals surface area contributed by atoms with Gasteiger partial charge in [-0.1, -0.05) is 5.16 Å². The summed E-state index contributed by atoms with van der Waals surface area (Å²) in [5.74, 6) is -0.251. The molecule has 1 N–H and O–H groups in total. The Morgan fingerprint density at radius 1 is 1.35 bits per heavy atom. The van der Waals surface area contributed by atoms with Gasteiger partial charge in [0, 0.05) is 18.0 Å². The molecule has 0 aliphatic heterocycles. The fourth-order valence-corrected chi connectivity index (χ4v) is 1.41. The van der Waals surface area contributed by atoms with E-state index in [4.69, 9.17) is 9.26 Å². The first-order valence-corrected chi connectivity index (χ1v) is 5.87. The molecule has 7 heteroatoms. The maximum atomic E-state index is 11.6. The van der Waals surface area contributed by atoms with Crippen LogP contribution < -0.4 is 5.32 Å². The summed E-state index contributed by atoms with van der Waals surface area (Å²) in [4.78, 5) is 27.1. The van der Waals surface area contributed by atoms with Crippen molar-refractivity contribution in [2.45, 2.75) is 13.8 Å². The van der Waals surface area contributed by atoms with Gasteiger partial charge < -0.3 is 14.6 Å². The Morgan fingerprint density at radius 3 is 2.75 bits per heavy atom. The van der Waals surface area contributed by atoms with Crippen LogP contribution in [0.3, 0.4) is 0 Å². The number of nitrogens with one attached hydrogen (secondary N) is 1. The summed E-state index contributed by atoms with van der Waals surface area (Å²) in [6.45, 7) is 3.11. The Balaban J connectivity index is 1.84. The van der Waals surface area contributed by atoms with Crippen molar-refractivity contribution in [3.8, 4) is 0 Å². The van der Waals surface area contributed by atoms with Crippen molar-refractivity contribution in [2.75, 3.05) is 11.9 Å². The number of nitrogens with zero attached hydrogens (tertiary/aromatic N) is 2. The lowest BCUT2D eigenvalue weighted by molar-refractivity contribution is -0.119. The highest BCUT2D eigenvalue weighted by atomic mass is 16.5. The lowest BCUT2D eigenvalue weighted by Gasteiger charge is -2.04. The number of pyridine rings is 1. The molecule has 0 radical (unpaired) electrons. The second-order valence-electron chi connectivity index (χ2n) is 4.14. The van der Waals surface area contributed by atoms with Crippen LogP contribution in [0.25, 0.3) is 0 Å². The van der Waals surface area contributed by atoms with Gasteiger partial charge in [-0.2, -0.15) is 0 Å². The van der Waals surface area contributed by atoms with Crippen molar-refractivity contribution in [3.05, 3.63) is 41.4 Å². The molecule has 0 atom stereocenters. The van der Waals surface area contributed by atoms with Crippen LogP contribution in [0.1, 0.15) is 21.8 Å². The molecule has 0 unspecified atom stereocenters. The van der Waals surface area contributed by atoms with E-state index >= 15 is 0 Å². The van der Waals surface area contributed by atoms with E-state index < -0.39 is 18.5 Å². The smallest absolute Gasteiger partial charge is 0.340 e. The van der Waals surface area contributed by atoms with Crippen molar-refractivity contribution in [1.29, 1.82) is 0 Å². The summed E-state index contributed by atoms with van der Waals surface area (Å²) >= 11 is 0. The van der Waals surface area contributed by atoms with Gasteiger partial charge in [-0.05, 0) is 26.0 Å². The Labute approximate surface area is 114 Å². The van der Waals surface area contributed by atoms with E-state index in [9.17, 15) is 9.59 Å². The van der Waals surface area contributed by atoms with Crippen LogP contribution in [0.2, 0.25) is 0 Å². The molecule has 0 spiro atoms. The van der Waals surface area contributed by atoms with E-state index in [1.54, 1.807) is 25.1 Å². The Hall–Kier alpha value is -2.70. The third-order valence-electron chi connectivity index (χ3n) is 2.38. The summed E-state index contributed by atoms with van der Waals surface area (Å²) in [6.07, 6.45) is 1.40. The maximum absolute atomic E-state index is 11.6. The first kappa shape index (κ1) is 13.7. The minimum atomic E-state index is -0.607. The zero-order chi connectivity index (χ0) is 14.5. The maximum Gasteiger partial charge on any atom is 0.340 e. The summed E-state index contributed by atoms with van der Waals surface area (Å²) < 4.78 is 9.65.